The van der Waals surface area contributed by atoms with Crippen molar-refractivity contribution in [3.8, 4) is 0 Å². The van der Waals surface area contributed by atoms with Crippen molar-refractivity contribution < 1.29 is 0 Å². The molecule has 1 aromatic carbocycles. The lowest BCUT2D eigenvalue weighted by molar-refractivity contribution is 0.317. The number of benzene rings is 1. The van der Waals surface area contributed by atoms with E-state index < -0.39 is 0 Å². The summed E-state index contributed by atoms with van der Waals surface area (Å²) in [5.41, 5.74) is 4.53. The molecular formula is C16H26N2. The van der Waals surface area contributed by atoms with Gasteiger partial charge >= 0.3 is 0 Å². The molecule has 0 bridgehead atoms. The summed E-state index contributed by atoms with van der Waals surface area (Å²) in [5, 5.41) is 3.52. The monoisotopic (exact) mass is 246 g/mol. The van der Waals surface area contributed by atoms with Crippen molar-refractivity contribution in [3.63, 3.8) is 0 Å². The van der Waals surface area contributed by atoms with Crippen LogP contribution in [0, 0.1) is 19.3 Å². The molecule has 1 aromatic rings. The fraction of sp³-hybridized carbons (Fsp3) is 0.625. The average Bonchev–Trinajstić information content (AvgIpc) is 2.77. The molecule has 1 heterocycles. The van der Waals surface area contributed by atoms with E-state index in [-0.39, 0.29) is 0 Å². The van der Waals surface area contributed by atoms with Crippen LogP contribution in [-0.2, 0) is 0 Å². The predicted octanol–water partition coefficient (Wildman–Crippen LogP) is 3.13. The summed E-state index contributed by atoms with van der Waals surface area (Å²) in [7, 11) is 2.23. The molecule has 2 heteroatoms. The first-order valence-electron chi connectivity index (χ1n) is 7.05. The van der Waals surface area contributed by atoms with Crippen LogP contribution in [0.2, 0.25) is 0 Å². The molecule has 1 atom stereocenters. The van der Waals surface area contributed by atoms with Gasteiger partial charge in [-0.15, -0.1) is 0 Å². The lowest BCUT2D eigenvalue weighted by Gasteiger charge is -2.33. The number of hydrogen-bond donors (Lipinski definition) is 1. The standard InChI is InChI=1S/C16H26N2/c1-5-16(6-7-17-11-16)12-18(4)15-9-13(2)8-14(3)10-15/h8-10,17H,5-7,11-12H2,1-4H3. The molecule has 1 aliphatic rings. The molecule has 1 unspecified atom stereocenters. The molecule has 0 aliphatic carbocycles. The topological polar surface area (TPSA) is 15.3 Å². The van der Waals surface area contributed by atoms with Crippen LogP contribution in [0.3, 0.4) is 0 Å². The van der Waals surface area contributed by atoms with Crippen LogP contribution in [-0.4, -0.2) is 26.7 Å². The SMILES string of the molecule is CCC1(CN(C)c2cc(C)cc(C)c2)CCNC1. The van der Waals surface area contributed by atoms with Gasteiger partial charge in [0.25, 0.3) is 0 Å². The summed E-state index contributed by atoms with van der Waals surface area (Å²) in [5.74, 6) is 0. The first-order chi connectivity index (χ1) is 8.54. The van der Waals surface area contributed by atoms with Crippen LogP contribution >= 0.6 is 0 Å². The Kier molecular flexibility index (Phi) is 3.96. The maximum atomic E-state index is 3.52. The quantitative estimate of drug-likeness (QED) is 0.878. The van der Waals surface area contributed by atoms with Crippen molar-refractivity contribution in [2.45, 2.75) is 33.6 Å². The highest BCUT2D eigenvalue weighted by Crippen LogP contribution is 2.32. The maximum absolute atomic E-state index is 3.52. The second-order valence-electron chi connectivity index (χ2n) is 5.98. The molecule has 0 saturated carbocycles. The number of anilines is 1. The summed E-state index contributed by atoms with van der Waals surface area (Å²) in [6.45, 7) is 10.2. The summed E-state index contributed by atoms with van der Waals surface area (Å²) in [4.78, 5) is 2.43. The molecule has 1 saturated heterocycles. The van der Waals surface area contributed by atoms with Crippen LogP contribution in [0.1, 0.15) is 30.9 Å². The lowest BCUT2D eigenvalue weighted by atomic mass is 9.83. The fourth-order valence-corrected chi connectivity index (χ4v) is 3.11. The second kappa shape index (κ2) is 5.31. The van der Waals surface area contributed by atoms with Crippen molar-refractivity contribution in [1.29, 1.82) is 0 Å². The third-order valence-electron chi connectivity index (χ3n) is 4.30. The van der Waals surface area contributed by atoms with Gasteiger partial charge in [0.05, 0.1) is 0 Å². The van der Waals surface area contributed by atoms with Crippen LogP contribution in [0.15, 0.2) is 18.2 Å². The minimum Gasteiger partial charge on any atom is -0.374 e. The molecular weight excluding hydrogens is 220 g/mol. The first kappa shape index (κ1) is 13.4. The highest BCUT2D eigenvalue weighted by atomic mass is 15.1. The third-order valence-corrected chi connectivity index (χ3v) is 4.30. The van der Waals surface area contributed by atoms with Crippen molar-refractivity contribution >= 4 is 5.69 Å². The summed E-state index contributed by atoms with van der Waals surface area (Å²) in [6.07, 6.45) is 2.56. The molecule has 0 spiro atoms. The van der Waals surface area contributed by atoms with E-state index in [0.717, 1.165) is 6.54 Å². The van der Waals surface area contributed by atoms with Gasteiger partial charge in [-0.05, 0) is 56.5 Å². The molecule has 1 N–H and O–H groups in total. The van der Waals surface area contributed by atoms with Crippen LogP contribution in [0.4, 0.5) is 5.69 Å². The fourth-order valence-electron chi connectivity index (χ4n) is 3.11. The first-order valence-corrected chi connectivity index (χ1v) is 7.05. The van der Waals surface area contributed by atoms with Gasteiger partial charge in [0.1, 0.15) is 0 Å². The van der Waals surface area contributed by atoms with Gasteiger partial charge < -0.3 is 10.2 Å². The zero-order valence-electron chi connectivity index (χ0n) is 12.2. The van der Waals surface area contributed by atoms with E-state index in [4.69, 9.17) is 0 Å². The number of nitrogens with one attached hydrogen (secondary N) is 1. The summed E-state index contributed by atoms with van der Waals surface area (Å²) >= 11 is 0. The van der Waals surface area contributed by atoms with Gasteiger partial charge in [0.15, 0.2) is 0 Å². The predicted molar refractivity (Wildman–Crippen MR) is 79.4 cm³/mol. The van der Waals surface area contributed by atoms with Gasteiger partial charge in [-0.1, -0.05) is 13.0 Å². The molecule has 0 amide bonds. The second-order valence-corrected chi connectivity index (χ2v) is 5.98. The highest BCUT2D eigenvalue weighted by Gasteiger charge is 2.33. The lowest BCUT2D eigenvalue weighted by Crippen LogP contribution is -2.37. The molecule has 0 aromatic heterocycles. The van der Waals surface area contributed by atoms with Gasteiger partial charge in [-0.25, -0.2) is 0 Å². The van der Waals surface area contributed by atoms with Gasteiger partial charge in [0.2, 0.25) is 0 Å². The Hall–Kier alpha value is -1.02. The molecule has 2 rings (SSSR count). The normalized spacial score (nSPS) is 23.3. The van der Waals surface area contributed by atoms with Crippen molar-refractivity contribution in [1.82, 2.24) is 5.32 Å². The Morgan fingerprint density at radius 1 is 1.22 bits per heavy atom. The largest absolute Gasteiger partial charge is 0.374 e. The Balaban J connectivity index is 2.13. The van der Waals surface area contributed by atoms with E-state index in [9.17, 15) is 0 Å². The average molecular weight is 246 g/mol. The van der Waals surface area contributed by atoms with Crippen LogP contribution < -0.4 is 10.2 Å². The van der Waals surface area contributed by atoms with Crippen molar-refractivity contribution in [3.05, 3.63) is 29.3 Å². The van der Waals surface area contributed by atoms with E-state index in [0.29, 0.717) is 5.41 Å². The van der Waals surface area contributed by atoms with E-state index in [1.165, 1.54) is 42.7 Å². The van der Waals surface area contributed by atoms with E-state index >= 15 is 0 Å². The summed E-state index contributed by atoms with van der Waals surface area (Å²) in [6, 6.07) is 6.82. The molecule has 100 valence electrons. The smallest absolute Gasteiger partial charge is 0.0369 e. The molecule has 1 fully saturated rings. The number of rotatable bonds is 4. The zero-order chi connectivity index (χ0) is 13.2. The Labute approximate surface area is 111 Å². The molecule has 2 nitrogen and oxygen atoms in total. The Bertz CT molecular complexity index is 385. The minimum absolute atomic E-state index is 0.465. The van der Waals surface area contributed by atoms with E-state index in [1.807, 2.05) is 0 Å². The number of aryl methyl sites for hydroxylation is 2. The van der Waals surface area contributed by atoms with Crippen molar-refractivity contribution in [2.24, 2.45) is 5.41 Å². The van der Waals surface area contributed by atoms with Gasteiger partial charge in [0, 0.05) is 31.2 Å². The van der Waals surface area contributed by atoms with E-state index in [1.54, 1.807) is 0 Å². The van der Waals surface area contributed by atoms with Gasteiger partial charge in [-0.3, -0.25) is 0 Å². The van der Waals surface area contributed by atoms with Crippen LogP contribution in [0.25, 0.3) is 0 Å². The van der Waals surface area contributed by atoms with Crippen molar-refractivity contribution in [2.75, 3.05) is 31.6 Å². The zero-order valence-corrected chi connectivity index (χ0v) is 12.2. The maximum Gasteiger partial charge on any atom is 0.0369 e. The molecule has 1 aliphatic heterocycles. The number of hydrogen-bond acceptors (Lipinski definition) is 2. The molecule has 0 radical (unpaired) electrons. The third kappa shape index (κ3) is 2.86. The summed E-state index contributed by atoms with van der Waals surface area (Å²) < 4.78 is 0. The minimum atomic E-state index is 0.465. The Morgan fingerprint density at radius 2 is 1.89 bits per heavy atom. The van der Waals surface area contributed by atoms with Gasteiger partial charge in [-0.2, -0.15) is 0 Å². The Morgan fingerprint density at radius 3 is 2.39 bits per heavy atom. The molecule has 18 heavy (non-hydrogen) atoms. The van der Waals surface area contributed by atoms with E-state index in [2.05, 4.69) is 56.2 Å². The highest BCUT2D eigenvalue weighted by molar-refractivity contribution is 5.50. The van der Waals surface area contributed by atoms with Crippen LogP contribution in [0.5, 0.6) is 0 Å². The number of nitrogens with zero attached hydrogens (tertiary/aromatic N) is 1.